The van der Waals surface area contributed by atoms with E-state index in [1.807, 2.05) is 0 Å². The Hall–Kier alpha value is -1.99. The van der Waals surface area contributed by atoms with Gasteiger partial charge >= 0.3 is 0 Å². The van der Waals surface area contributed by atoms with Crippen molar-refractivity contribution in [2.24, 2.45) is 0 Å². The summed E-state index contributed by atoms with van der Waals surface area (Å²) in [5, 5.41) is 11.5. The third-order valence-corrected chi connectivity index (χ3v) is 4.34. The first kappa shape index (κ1) is 15.9. The topological polar surface area (TPSA) is 63.1 Å². The number of aromatic nitrogens is 3. The zero-order chi connectivity index (χ0) is 15.1. The van der Waals surface area contributed by atoms with E-state index in [0.717, 1.165) is 12.8 Å². The van der Waals surface area contributed by atoms with E-state index in [2.05, 4.69) is 15.5 Å². The van der Waals surface area contributed by atoms with Gasteiger partial charge in [-0.25, -0.2) is 4.39 Å². The molecule has 2 aliphatic rings. The Morgan fingerprint density at radius 3 is 2.48 bits per heavy atom. The molecule has 2 aromatic rings. The van der Waals surface area contributed by atoms with Crippen LogP contribution >= 0.6 is 12.4 Å². The molecule has 2 saturated heterocycles. The summed E-state index contributed by atoms with van der Waals surface area (Å²) >= 11 is 0. The Labute approximate surface area is 139 Å². The number of nitrogens with zero attached hydrogens (tertiary/aromatic N) is 4. The predicted molar refractivity (Wildman–Crippen MR) is 84.4 cm³/mol. The predicted octanol–water partition coefficient (Wildman–Crippen LogP) is 1.40. The first-order valence-electron chi connectivity index (χ1n) is 7.43. The standard InChI is InChI=1S/C15H16FN5O.ClH/c16-12-2-1-3-13(21-17-6-7-18-21)14(12)15(22)20-8-10-4-5-11(9-20)19-10;/h1-3,6-7,10-11,19H,4-5,8-9H2;1H. The monoisotopic (exact) mass is 337 g/mol. The van der Waals surface area contributed by atoms with Gasteiger partial charge in [-0.05, 0) is 25.0 Å². The van der Waals surface area contributed by atoms with Crippen molar-refractivity contribution >= 4 is 18.3 Å². The van der Waals surface area contributed by atoms with Gasteiger partial charge in [-0.1, -0.05) is 6.07 Å². The highest BCUT2D eigenvalue weighted by molar-refractivity contribution is 5.98. The summed E-state index contributed by atoms with van der Waals surface area (Å²) in [6, 6.07) is 5.16. The Morgan fingerprint density at radius 2 is 1.83 bits per heavy atom. The number of amides is 1. The van der Waals surface area contributed by atoms with E-state index in [9.17, 15) is 9.18 Å². The maximum Gasteiger partial charge on any atom is 0.259 e. The third-order valence-electron chi connectivity index (χ3n) is 4.34. The fourth-order valence-corrected chi connectivity index (χ4v) is 3.35. The van der Waals surface area contributed by atoms with Gasteiger partial charge in [0.2, 0.25) is 0 Å². The molecule has 1 amide bonds. The van der Waals surface area contributed by atoms with Gasteiger partial charge in [0.25, 0.3) is 5.91 Å². The molecule has 2 fully saturated rings. The lowest BCUT2D eigenvalue weighted by Crippen LogP contribution is -2.53. The Kier molecular flexibility index (Phi) is 4.32. The number of halogens is 2. The third kappa shape index (κ3) is 2.82. The molecule has 2 unspecified atom stereocenters. The second-order valence-corrected chi connectivity index (χ2v) is 5.80. The minimum atomic E-state index is -0.536. The van der Waals surface area contributed by atoms with Gasteiger partial charge in [-0.2, -0.15) is 15.0 Å². The largest absolute Gasteiger partial charge is 0.335 e. The van der Waals surface area contributed by atoms with Crippen LogP contribution in [0.4, 0.5) is 4.39 Å². The number of piperazine rings is 1. The lowest BCUT2D eigenvalue weighted by Gasteiger charge is -2.33. The van der Waals surface area contributed by atoms with Crippen LogP contribution in [-0.2, 0) is 0 Å². The van der Waals surface area contributed by atoms with Crippen molar-refractivity contribution in [1.82, 2.24) is 25.2 Å². The molecular formula is C15H17ClFN5O. The molecule has 8 heteroatoms. The van der Waals surface area contributed by atoms with Crippen molar-refractivity contribution in [2.75, 3.05) is 13.1 Å². The molecule has 23 heavy (non-hydrogen) atoms. The lowest BCUT2D eigenvalue weighted by molar-refractivity contribution is 0.0692. The van der Waals surface area contributed by atoms with Crippen molar-refractivity contribution < 1.29 is 9.18 Å². The van der Waals surface area contributed by atoms with Gasteiger partial charge in [0.1, 0.15) is 17.1 Å². The summed E-state index contributed by atoms with van der Waals surface area (Å²) in [6.07, 6.45) is 5.15. The second kappa shape index (κ2) is 6.25. The number of hydrogen-bond acceptors (Lipinski definition) is 4. The number of likely N-dealkylation sites (tertiary alicyclic amines) is 1. The van der Waals surface area contributed by atoms with Crippen molar-refractivity contribution in [1.29, 1.82) is 0 Å². The van der Waals surface area contributed by atoms with Crippen LogP contribution in [0.15, 0.2) is 30.6 Å². The summed E-state index contributed by atoms with van der Waals surface area (Å²) in [5.74, 6) is -0.825. The van der Waals surface area contributed by atoms with Crippen molar-refractivity contribution in [2.45, 2.75) is 24.9 Å². The minimum absolute atomic E-state index is 0. The van der Waals surface area contributed by atoms with Crippen LogP contribution in [0.25, 0.3) is 5.69 Å². The number of rotatable bonds is 2. The Bertz CT molecular complexity index is 696. The molecule has 1 aromatic carbocycles. The summed E-state index contributed by atoms with van der Waals surface area (Å²) in [4.78, 5) is 15.9. The molecule has 2 aliphatic heterocycles. The van der Waals surface area contributed by atoms with Crippen molar-refractivity contribution in [3.05, 3.63) is 42.0 Å². The van der Waals surface area contributed by atoms with Crippen LogP contribution in [0.5, 0.6) is 0 Å². The van der Waals surface area contributed by atoms with Gasteiger partial charge in [-0.15, -0.1) is 12.4 Å². The zero-order valence-corrected chi connectivity index (χ0v) is 13.2. The minimum Gasteiger partial charge on any atom is -0.335 e. The Balaban J connectivity index is 0.00000156. The van der Waals surface area contributed by atoms with Crippen LogP contribution in [-0.4, -0.2) is 51.0 Å². The van der Waals surface area contributed by atoms with Gasteiger partial charge in [0.05, 0.1) is 12.4 Å². The molecule has 2 bridgehead atoms. The average Bonchev–Trinajstić information content (AvgIpc) is 3.16. The van der Waals surface area contributed by atoms with E-state index in [4.69, 9.17) is 0 Å². The number of carbonyl (C=O) groups excluding carboxylic acids is 1. The molecule has 0 saturated carbocycles. The second-order valence-electron chi connectivity index (χ2n) is 5.80. The molecule has 4 rings (SSSR count). The van der Waals surface area contributed by atoms with Crippen LogP contribution in [0.2, 0.25) is 0 Å². The van der Waals surface area contributed by atoms with E-state index >= 15 is 0 Å². The van der Waals surface area contributed by atoms with Crippen LogP contribution in [0, 0.1) is 5.82 Å². The van der Waals surface area contributed by atoms with E-state index < -0.39 is 5.82 Å². The van der Waals surface area contributed by atoms with E-state index in [0.29, 0.717) is 30.9 Å². The zero-order valence-electron chi connectivity index (χ0n) is 12.4. The van der Waals surface area contributed by atoms with Crippen LogP contribution < -0.4 is 5.32 Å². The van der Waals surface area contributed by atoms with E-state index in [-0.39, 0.29) is 23.9 Å². The number of carbonyl (C=O) groups is 1. The van der Waals surface area contributed by atoms with E-state index in [1.165, 1.54) is 23.3 Å². The first-order chi connectivity index (χ1) is 10.7. The molecule has 122 valence electrons. The highest BCUT2D eigenvalue weighted by atomic mass is 35.5. The quantitative estimate of drug-likeness (QED) is 0.900. The molecule has 1 N–H and O–H groups in total. The van der Waals surface area contributed by atoms with Gasteiger partial charge < -0.3 is 10.2 Å². The van der Waals surface area contributed by atoms with Crippen molar-refractivity contribution in [3.63, 3.8) is 0 Å². The maximum atomic E-state index is 14.3. The van der Waals surface area contributed by atoms with Gasteiger partial charge in [0, 0.05) is 25.2 Å². The van der Waals surface area contributed by atoms with Crippen LogP contribution in [0.3, 0.4) is 0 Å². The fraction of sp³-hybridized carbons (Fsp3) is 0.400. The smallest absolute Gasteiger partial charge is 0.259 e. The number of fused-ring (bicyclic) bond motifs is 2. The van der Waals surface area contributed by atoms with Crippen LogP contribution in [0.1, 0.15) is 23.2 Å². The molecule has 2 atom stereocenters. The van der Waals surface area contributed by atoms with Gasteiger partial charge in [0.15, 0.2) is 0 Å². The van der Waals surface area contributed by atoms with Crippen molar-refractivity contribution in [3.8, 4) is 5.69 Å². The molecule has 0 radical (unpaired) electrons. The average molecular weight is 338 g/mol. The maximum absolute atomic E-state index is 14.3. The van der Waals surface area contributed by atoms with E-state index in [1.54, 1.807) is 17.0 Å². The summed E-state index contributed by atoms with van der Waals surface area (Å²) < 4.78 is 14.3. The number of benzene rings is 1. The SMILES string of the molecule is Cl.O=C(c1c(F)cccc1-n1nccn1)N1CC2CCC(C1)N2. The molecule has 6 nitrogen and oxygen atoms in total. The fourth-order valence-electron chi connectivity index (χ4n) is 3.35. The molecule has 0 spiro atoms. The van der Waals surface area contributed by atoms with Gasteiger partial charge in [-0.3, -0.25) is 4.79 Å². The molecular weight excluding hydrogens is 321 g/mol. The summed E-state index contributed by atoms with van der Waals surface area (Å²) in [6.45, 7) is 1.24. The normalized spacial score (nSPS) is 22.7. The molecule has 3 heterocycles. The first-order valence-corrected chi connectivity index (χ1v) is 7.43. The number of nitrogens with one attached hydrogen (secondary N) is 1. The highest BCUT2D eigenvalue weighted by Gasteiger charge is 2.36. The highest BCUT2D eigenvalue weighted by Crippen LogP contribution is 2.24. The number of hydrogen-bond donors (Lipinski definition) is 1. The summed E-state index contributed by atoms with van der Waals surface area (Å²) in [7, 11) is 0. The molecule has 1 aromatic heterocycles. The Morgan fingerprint density at radius 1 is 1.17 bits per heavy atom. The summed E-state index contributed by atoms with van der Waals surface area (Å²) in [5.41, 5.74) is 0.417. The lowest BCUT2D eigenvalue weighted by atomic mass is 10.1. The molecule has 0 aliphatic carbocycles.